The van der Waals surface area contributed by atoms with Gasteiger partial charge in [0.1, 0.15) is 12.6 Å². The van der Waals surface area contributed by atoms with E-state index in [-0.39, 0.29) is 17.3 Å². The SMILES string of the molecule is CCCNC(=O)[C@H](CC)N(CCc1ccccc1)C(=O)CN(c1ccccc1C)S(=O)(=O)c1ccc(Cl)cc1. The molecule has 0 aliphatic carbocycles. The highest BCUT2D eigenvalue weighted by Gasteiger charge is 2.33. The summed E-state index contributed by atoms with van der Waals surface area (Å²) in [5, 5.41) is 3.30. The minimum absolute atomic E-state index is 0.0199. The van der Waals surface area contributed by atoms with Gasteiger partial charge in [-0.25, -0.2) is 8.42 Å². The lowest BCUT2D eigenvalue weighted by molar-refractivity contribution is -0.139. The van der Waals surface area contributed by atoms with Crippen LogP contribution in [0.15, 0.2) is 83.8 Å². The summed E-state index contributed by atoms with van der Waals surface area (Å²) in [6, 6.07) is 21.8. The first kappa shape index (κ1) is 30.2. The minimum Gasteiger partial charge on any atom is -0.354 e. The molecule has 0 aliphatic rings. The Hall–Kier alpha value is -3.36. The summed E-state index contributed by atoms with van der Waals surface area (Å²) in [5.74, 6) is -0.700. The number of amides is 2. The van der Waals surface area contributed by atoms with Crippen molar-refractivity contribution < 1.29 is 18.0 Å². The van der Waals surface area contributed by atoms with Gasteiger partial charge in [-0.3, -0.25) is 13.9 Å². The van der Waals surface area contributed by atoms with Crippen LogP contribution >= 0.6 is 11.6 Å². The molecule has 0 aliphatic heterocycles. The number of para-hydroxylation sites is 1. The fourth-order valence-electron chi connectivity index (χ4n) is 4.35. The van der Waals surface area contributed by atoms with Crippen molar-refractivity contribution in [2.45, 2.75) is 51.0 Å². The van der Waals surface area contributed by atoms with E-state index in [0.717, 1.165) is 16.3 Å². The zero-order chi connectivity index (χ0) is 28.4. The Morgan fingerprint density at radius 1 is 0.923 bits per heavy atom. The molecular weight excluding hydrogens is 534 g/mol. The largest absolute Gasteiger partial charge is 0.354 e. The predicted octanol–water partition coefficient (Wildman–Crippen LogP) is 5.22. The van der Waals surface area contributed by atoms with Crippen LogP contribution in [0.1, 0.15) is 37.8 Å². The highest BCUT2D eigenvalue weighted by Crippen LogP contribution is 2.28. The number of anilines is 1. The Bertz CT molecular complexity index is 1350. The molecule has 39 heavy (non-hydrogen) atoms. The average Bonchev–Trinajstić information content (AvgIpc) is 2.93. The lowest BCUT2D eigenvalue weighted by Gasteiger charge is -2.33. The Kier molecular flexibility index (Phi) is 10.9. The third kappa shape index (κ3) is 7.83. The van der Waals surface area contributed by atoms with Crippen LogP contribution < -0.4 is 9.62 Å². The van der Waals surface area contributed by atoms with Gasteiger partial charge in [-0.1, -0.05) is 74.0 Å². The van der Waals surface area contributed by atoms with Crippen molar-refractivity contribution in [3.63, 3.8) is 0 Å². The van der Waals surface area contributed by atoms with Gasteiger partial charge in [0.2, 0.25) is 11.8 Å². The number of carbonyl (C=O) groups excluding carboxylic acids is 2. The topological polar surface area (TPSA) is 86.8 Å². The highest BCUT2D eigenvalue weighted by molar-refractivity contribution is 7.92. The molecule has 0 unspecified atom stereocenters. The molecule has 0 heterocycles. The summed E-state index contributed by atoms with van der Waals surface area (Å²) in [7, 11) is -4.13. The van der Waals surface area contributed by atoms with Crippen molar-refractivity contribution >= 4 is 39.1 Å². The normalized spacial score (nSPS) is 12.0. The molecule has 9 heteroatoms. The van der Waals surface area contributed by atoms with E-state index in [2.05, 4.69) is 5.32 Å². The second-order valence-electron chi connectivity index (χ2n) is 9.29. The number of carbonyl (C=O) groups is 2. The average molecular weight is 570 g/mol. The highest BCUT2D eigenvalue weighted by atomic mass is 35.5. The Morgan fingerprint density at radius 2 is 1.56 bits per heavy atom. The smallest absolute Gasteiger partial charge is 0.264 e. The number of benzene rings is 3. The fraction of sp³-hybridized carbons (Fsp3) is 0.333. The first-order valence-electron chi connectivity index (χ1n) is 13.1. The summed E-state index contributed by atoms with van der Waals surface area (Å²) in [5.41, 5.74) is 2.11. The van der Waals surface area contributed by atoms with E-state index in [9.17, 15) is 18.0 Å². The van der Waals surface area contributed by atoms with Gasteiger partial charge in [0.05, 0.1) is 10.6 Å². The van der Waals surface area contributed by atoms with Crippen LogP contribution in [0.4, 0.5) is 5.69 Å². The minimum atomic E-state index is -4.13. The van der Waals surface area contributed by atoms with E-state index in [1.807, 2.05) is 50.2 Å². The quantitative estimate of drug-likeness (QED) is 0.306. The van der Waals surface area contributed by atoms with Crippen molar-refractivity contribution in [3.8, 4) is 0 Å². The monoisotopic (exact) mass is 569 g/mol. The molecule has 0 radical (unpaired) electrons. The summed E-state index contributed by atoms with van der Waals surface area (Å²) < 4.78 is 28.9. The second kappa shape index (κ2) is 14.1. The van der Waals surface area contributed by atoms with Crippen LogP contribution in [-0.2, 0) is 26.0 Å². The third-order valence-corrected chi connectivity index (χ3v) is 8.51. The predicted molar refractivity (Wildman–Crippen MR) is 156 cm³/mol. The number of hydrogen-bond donors (Lipinski definition) is 1. The zero-order valence-electron chi connectivity index (χ0n) is 22.6. The van der Waals surface area contributed by atoms with Crippen LogP contribution in [0, 0.1) is 6.92 Å². The molecule has 3 aromatic carbocycles. The van der Waals surface area contributed by atoms with Crippen molar-refractivity contribution in [1.29, 1.82) is 0 Å². The molecule has 0 fully saturated rings. The maximum atomic E-state index is 14.0. The molecule has 1 N–H and O–H groups in total. The molecule has 208 valence electrons. The van der Waals surface area contributed by atoms with Crippen LogP contribution in [0.25, 0.3) is 0 Å². The molecule has 0 spiro atoms. The van der Waals surface area contributed by atoms with Crippen LogP contribution in [-0.4, -0.2) is 50.8 Å². The molecule has 0 aromatic heterocycles. The van der Waals surface area contributed by atoms with Gasteiger partial charge in [-0.05, 0) is 67.6 Å². The van der Waals surface area contributed by atoms with Crippen molar-refractivity contribution in [3.05, 3.63) is 95.0 Å². The summed E-state index contributed by atoms with van der Waals surface area (Å²) >= 11 is 6.00. The molecular formula is C30H36ClN3O4S. The lowest BCUT2D eigenvalue weighted by atomic mass is 10.1. The Balaban J connectivity index is 2.01. The standard InChI is InChI=1S/C30H36ClN3O4S/c1-4-20-32-30(36)27(5-2)33(21-19-24-12-7-6-8-13-24)29(35)22-34(28-14-10-9-11-23(28)3)39(37,38)26-17-15-25(31)16-18-26/h6-18,27H,4-5,19-22H2,1-3H3,(H,32,36)/t27-/m0/s1. The number of aryl methyl sites for hydroxylation is 1. The third-order valence-electron chi connectivity index (χ3n) is 6.48. The number of halogens is 1. The van der Waals surface area contributed by atoms with E-state index in [1.54, 1.807) is 25.1 Å². The van der Waals surface area contributed by atoms with Crippen LogP contribution in [0.3, 0.4) is 0 Å². The number of sulfonamides is 1. The molecule has 2 amide bonds. The maximum absolute atomic E-state index is 14.0. The van der Waals surface area contributed by atoms with Gasteiger partial charge < -0.3 is 10.2 Å². The van der Waals surface area contributed by atoms with Gasteiger partial charge in [-0.2, -0.15) is 0 Å². The van der Waals surface area contributed by atoms with Gasteiger partial charge in [0.15, 0.2) is 0 Å². The second-order valence-corrected chi connectivity index (χ2v) is 11.6. The molecule has 3 aromatic rings. The lowest BCUT2D eigenvalue weighted by Crippen LogP contribution is -2.53. The Morgan fingerprint density at radius 3 is 2.18 bits per heavy atom. The number of nitrogens with one attached hydrogen (secondary N) is 1. The summed E-state index contributed by atoms with van der Waals surface area (Å²) in [6.45, 7) is 5.91. The van der Waals surface area contributed by atoms with Crippen LogP contribution in [0.5, 0.6) is 0 Å². The van der Waals surface area contributed by atoms with Crippen molar-refractivity contribution in [2.24, 2.45) is 0 Å². The van der Waals surface area contributed by atoms with E-state index < -0.39 is 28.5 Å². The van der Waals surface area contributed by atoms with Crippen molar-refractivity contribution in [2.75, 3.05) is 23.9 Å². The summed E-state index contributed by atoms with van der Waals surface area (Å²) in [6.07, 6.45) is 1.68. The van der Waals surface area contributed by atoms with Gasteiger partial charge in [-0.15, -0.1) is 0 Å². The van der Waals surface area contributed by atoms with Gasteiger partial charge >= 0.3 is 0 Å². The van der Waals surface area contributed by atoms with E-state index in [1.165, 1.54) is 29.2 Å². The van der Waals surface area contributed by atoms with E-state index in [4.69, 9.17) is 11.6 Å². The Labute approximate surface area is 236 Å². The molecule has 7 nitrogen and oxygen atoms in total. The molecule has 0 saturated heterocycles. The maximum Gasteiger partial charge on any atom is 0.264 e. The molecule has 0 bridgehead atoms. The number of nitrogens with zero attached hydrogens (tertiary/aromatic N) is 2. The van der Waals surface area contributed by atoms with E-state index >= 15 is 0 Å². The molecule has 1 atom stereocenters. The summed E-state index contributed by atoms with van der Waals surface area (Å²) in [4.78, 5) is 28.6. The number of hydrogen-bond acceptors (Lipinski definition) is 4. The molecule has 3 rings (SSSR count). The zero-order valence-corrected chi connectivity index (χ0v) is 24.2. The molecule has 0 saturated carbocycles. The first-order chi connectivity index (χ1) is 18.7. The van der Waals surface area contributed by atoms with Crippen molar-refractivity contribution in [1.82, 2.24) is 10.2 Å². The van der Waals surface area contributed by atoms with Crippen LogP contribution in [0.2, 0.25) is 5.02 Å². The first-order valence-corrected chi connectivity index (χ1v) is 15.0. The van der Waals surface area contributed by atoms with Gasteiger partial charge in [0.25, 0.3) is 10.0 Å². The van der Waals surface area contributed by atoms with Gasteiger partial charge in [0, 0.05) is 18.1 Å². The van der Waals surface area contributed by atoms with E-state index in [0.29, 0.717) is 35.7 Å². The fourth-order valence-corrected chi connectivity index (χ4v) is 5.96. The number of rotatable bonds is 13.